The van der Waals surface area contributed by atoms with Crippen LogP contribution < -0.4 is 5.32 Å². The fraction of sp³-hybridized carbons (Fsp3) is 0.522. The lowest BCUT2D eigenvalue weighted by Crippen LogP contribution is -2.27. The molecule has 2 nitrogen and oxygen atoms in total. The van der Waals surface area contributed by atoms with Gasteiger partial charge in [0.2, 0.25) is 0 Å². The molecule has 25 heavy (non-hydrogen) atoms. The maximum atomic E-state index is 4.30. The van der Waals surface area contributed by atoms with Crippen molar-refractivity contribution in [3.63, 3.8) is 0 Å². The molecule has 0 bridgehead atoms. The molecule has 2 unspecified atom stereocenters. The summed E-state index contributed by atoms with van der Waals surface area (Å²) >= 11 is 0. The molecule has 2 fully saturated rings. The summed E-state index contributed by atoms with van der Waals surface area (Å²) in [5.74, 6) is 1.91. The Labute approximate surface area is 151 Å². The molecule has 1 aromatic heterocycles. The van der Waals surface area contributed by atoms with Crippen LogP contribution in [0.15, 0.2) is 42.7 Å². The van der Waals surface area contributed by atoms with Gasteiger partial charge in [0.15, 0.2) is 0 Å². The largest absolute Gasteiger partial charge is 0.317 e. The van der Waals surface area contributed by atoms with E-state index in [-0.39, 0.29) is 0 Å². The number of fused-ring (bicyclic) bond motifs is 2. The fourth-order valence-electron chi connectivity index (χ4n) is 5.47. The molecule has 5 rings (SSSR count). The first-order valence-corrected chi connectivity index (χ1v) is 10.1. The number of hydrogen-bond donors (Lipinski definition) is 1. The third-order valence-electron chi connectivity index (χ3n) is 7.10. The van der Waals surface area contributed by atoms with Crippen LogP contribution in [0.4, 0.5) is 0 Å². The number of piperidine rings is 1. The second-order valence-electron chi connectivity index (χ2n) is 8.44. The number of aromatic nitrogens is 1. The average molecular weight is 332 g/mol. The van der Waals surface area contributed by atoms with E-state index in [0.717, 1.165) is 11.8 Å². The SMILES string of the molecule is c1cncc(-c2ccc3c(c2)C2(CC3)CC2CCC2CCNCC2)c1. The van der Waals surface area contributed by atoms with Gasteiger partial charge in [0.25, 0.3) is 0 Å². The molecule has 1 aliphatic heterocycles. The first-order chi connectivity index (χ1) is 12.4. The molecule has 0 amide bonds. The van der Waals surface area contributed by atoms with Crippen molar-refractivity contribution in [1.29, 1.82) is 0 Å². The Bertz CT molecular complexity index is 748. The Morgan fingerprint density at radius 3 is 2.84 bits per heavy atom. The molecule has 1 N–H and O–H groups in total. The van der Waals surface area contributed by atoms with Crippen molar-refractivity contribution in [1.82, 2.24) is 10.3 Å². The van der Waals surface area contributed by atoms with E-state index in [0.29, 0.717) is 5.41 Å². The lowest BCUT2D eigenvalue weighted by molar-refractivity contribution is 0.335. The molecule has 1 spiro atoms. The quantitative estimate of drug-likeness (QED) is 0.875. The number of aryl methyl sites for hydroxylation is 1. The molecule has 2 aliphatic carbocycles. The van der Waals surface area contributed by atoms with Crippen molar-refractivity contribution in [2.75, 3.05) is 13.1 Å². The molecule has 2 heteroatoms. The van der Waals surface area contributed by atoms with Gasteiger partial charge >= 0.3 is 0 Å². The van der Waals surface area contributed by atoms with E-state index >= 15 is 0 Å². The third kappa shape index (κ3) is 2.81. The van der Waals surface area contributed by atoms with E-state index in [2.05, 4.69) is 34.6 Å². The highest BCUT2D eigenvalue weighted by Crippen LogP contribution is 2.63. The molecule has 2 atom stereocenters. The zero-order valence-corrected chi connectivity index (χ0v) is 15.0. The maximum Gasteiger partial charge on any atom is 0.0346 e. The monoisotopic (exact) mass is 332 g/mol. The Morgan fingerprint density at radius 2 is 2.00 bits per heavy atom. The van der Waals surface area contributed by atoms with E-state index in [9.17, 15) is 0 Å². The Hall–Kier alpha value is -1.67. The summed E-state index contributed by atoms with van der Waals surface area (Å²) in [4.78, 5) is 4.30. The molecule has 1 saturated heterocycles. The third-order valence-corrected chi connectivity index (χ3v) is 7.10. The predicted octanol–water partition coefficient (Wildman–Crippen LogP) is 4.73. The molecule has 3 aliphatic rings. The minimum absolute atomic E-state index is 0.528. The number of rotatable bonds is 4. The first-order valence-electron chi connectivity index (χ1n) is 10.1. The smallest absolute Gasteiger partial charge is 0.0346 e. The summed E-state index contributed by atoms with van der Waals surface area (Å²) in [6.45, 7) is 2.47. The molecule has 2 aromatic rings. The number of hydrogen-bond acceptors (Lipinski definition) is 2. The minimum Gasteiger partial charge on any atom is -0.317 e. The highest BCUT2D eigenvalue weighted by atomic mass is 14.9. The van der Waals surface area contributed by atoms with Gasteiger partial charge in [-0.15, -0.1) is 0 Å². The van der Waals surface area contributed by atoms with Crippen LogP contribution in [-0.4, -0.2) is 18.1 Å². The summed E-state index contributed by atoms with van der Waals surface area (Å²) < 4.78 is 0. The van der Waals surface area contributed by atoms with Crippen molar-refractivity contribution in [3.05, 3.63) is 53.9 Å². The number of benzene rings is 1. The minimum atomic E-state index is 0.528. The van der Waals surface area contributed by atoms with Gasteiger partial charge in [0.1, 0.15) is 0 Å². The topological polar surface area (TPSA) is 24.9 Å². The van der Waals surface area contributed by atoms with Crippen LogP contribution in [0, 0.1) is 11.8 Å². The number of nitrogens with zero attached hydrogens (tertiary/aromatic N) is 1. The highest BCUT2D eigenvalue weighted by molar-refractivity contribution is 5.66. The molecule has 2 heterocycles. The highest BCUT2D eigenvalue weighted by Gasteiger charge is 2.57. The van der Waals surface area contributed by atoms with E-state index in [1.807, 2.05) is 18.5 Å². The van der Waals surface area contributed by atoms with Gasteiger partial charge < -0.3 is 5.32 Å². The van der Waals surface area contributed by atoms with Crippen molar-refractivity contribution < 1.29 is 0 Å². The molecule has 130 valence electrons. The average Bonchev–Trinajstić information content (AvgIpc) is 3.28. The van der Waals surface area contributed by atoms with E-state index < -0.39 is 0 Å². The summed E-state index contributed by atoms with van der Waals surface area (Å²) in [5, 5.41) is 3.50. The van der Waals surface area contributed by atoms with Crippen molar-refractivity contribution >= 4 is 0 Å². The van der Waals surface area contributed by atoms with Gasteiger partial charge in [0, 0.05) is 12.4 Å². The van der Waals surface area contributed by atoms with Crippen LogP contribution in [0.25, 0.3) is 11.1 Å². The van der Waals surface area contributed by atoms with Gasteiger partial charge in [-0.05, 0) is 97.2 Å². The summed E-state index contributed by atoms with van der Waals surface area (Å²) in [7, 11) is 0. The van der Waals surface area contributed by atoms with Gasteiger partial charge in [-0.25, -0.2) is 0 Å². The standard InChI is InChI=1S/C23H28N2/c1-2-20(16-25-11-1)19-5-4-18-7-10-23(22(18)14-19)15-21(23)6-3-17-8-12-24-13-9-17/h1-2,4-5,11,14,16-17,21,24H,3,6-10,12-13,15H2. The Morgan fingerprint density at radius 1 is 1.08 bits per heavy atom. The molecular weight excluding hydrogens is 304 g/mol. The van der Waals surface area contributed by atoms with Crippen LogP contribution >= 0.6 is 0 Å². The van der Waals surface area contributed by atoms with Crippen LogP contribution in [0.5, 0.6) is 0 Å². The fourth-order valence-corrected chi connectivity index (χ4v) is 5.47. The summed E-state index contributed by atoms with van der Waals surface area (Å²) in [6.07, 6.45) is 13.6. The molecule has 1 aromatic carbocycles. The van der Waals surface area contributed by atoms with Gasteiger partial charge in [-0.3, -0.25) is 4.98 Å². The number of nitrogens with one attached hydrogen (secondary N) is 1. The van der Waals surface area contributed by atoms with Crippen LogP contribution in [0.1, 0.15) is 49.7 Å². The van der Waals surface area contributed by atoms with Crippen molar-refractivity contribution in [3.8, 4) is 11.1 Å². The maximum absolute atomic E-state index is 4.30. The second-order valence-corrected chi connectivity index (χ2v) is 8.44. The van der Waals surface area contributed by atoms with Gasteiger partial charge in [0.05, 0.1) is 0 Å². The van der Waals surface area contributed by atoms with E-state index in [1.54, 1.807) is 11.1 Å². The lowest BCUT2D eigenvalue weighted by atomic mass is 9.88. The Kier molecular flexibility index (Phi) is 3.89. The second kappa shape index (κ2) is 6.25. The normalized spacial score (nSPS) is 28.2. The zero-order valence-electron chi connectivity index (χ0n) is 15.0. The number of pyridine rings is 1. The van der Waals surface area contributed by atoms with E-state index in [1.165, 1.54) is 69.2 Å². The first kappa shape index (κ1) is 15.6. The predicted molar refractivity (Wildman–Crippen MR) is 103 cm³/mol. The summed E-state index contributed by atoms with van der Waals surface area (Å²) in [5.41, 5.74) is 6.40. The summed E-state index contributed by atoms with van der Waals surface area (Å²) in [6, 6.07) is 11.4. The lowest BCUT2D eigenvalue weighted by Gasteiger charge is -2.23. The van der Waals surface area contributed by atoms with Crippen molar-refractivity contribution in [2.24, 2.45) is 11.8 Å². The molecular formula is C23H28N2. The van der Waals surface area contributed by atoms with Crippen LogP contribution in [0.3, 0.4) is 0 Å². The van der Waals surface area contributed by atoms with Gasteiger partial charge in [-0.2, -0.15) is 0 Å². The zero-order chi connectivity index (χ0) is 16.7. The molecule has 0 radical (unpaired) electrons. The van der Waals surface area contributed by atoms with E-state index in [4.69, 9.17) is 0 Å². The Balaban J connectivity index is 1.33. The van der Waals surface area contributed by atoms with Crippen LogP contribution in [-0.2, 0) is 11.8 Å². The van der Waals surface area contributed by atoms with Gasteiger partial charge in [-0.1, -0.05) is 30.7 Å². The molecule has 1 saturated carbocycles. The van der Waals surface area contributed by atoms with Crippen LogP contribution in [0.2, 0.25) is 0 Å². The van der Waals surface area contributed by atoms with Crippen molar-refractivity contribution in [2.45, 2.75) is 50.4 Å².